The lowest BCUT2D eigenvalue weighted by Gasteiger charge is -2.35. The maximum atomic E-state index is 3.99. The van der Waals surface area contributed by atoms with Crippen molar-refractivity contribution in [2.75, 3.05) is 0 Å². The van der Waals surface area contributed by atoms with Crippen LogP contribution in [-0.4, -0.2) is 12.1 Å². The largest absolute Gasteiger partial charge is 0.311 e. The van der Waals surface area contributed by atoms with Gasteiger partial charge < -0.3 is 5.32 Å². The van der Waals surface area contributed by atoms with Gasteiger partial charge in [0.1, 0.15) is 0 Å². The van der Waals surface area contributed by atoms with E-state index in [0.29, 0.717) is 0 Å². The molecule has 0 amide bonds. The fourth-order valence-corrected chi connectivity index (χ4v) is 5.14. The summed E-state index contributed by atoms with van der Waals surface area (Å²) in [7, 11) is 0. The lowest BCUT2D eigenvalue weighted by molar-refractivity contribution is 0.211. The van der Waals surface area contributed by atoms with Crippen LogP contribution in [-0.2, 0) is 0 Å². The van der Waals surface area contributed by atoms with E-state index in [2.05, 4.69) is 19.2 Å². The molecule has 1 nitrogen and oxygen atoms in total. The topological polar surface area (TPSA) is 12.0 Å². The van der Waals surface area contributed by atoms with Crippen molar-refractivity contribution in [3.8, 4) is 0 Å². The van der Waals surface area contributed by atoms with E-state index in [1.165, 1.54) is 51.4 Å². The number of nitrogens with one attached hydrogen (secondary N) is 1. The summed E-state index contributed by atoms with van der Waals surface area (Å²) in [6, 6.07) is 1.62. The van der Waals surface area contributed by atoms with E-state index in [1.54, 1.807) is 6.42 Å². The maximum absolute atomic E-state index is 3.99. The first-order valence-corrected chi connectivity index (χ1v) is 8.52. The summed E-state index contributed by atoms with van der Waals surface area (Å²) < 4.78 is 0. The highest BCUT2D eigenvalue weighted by atomic mass is 15.0. The molecule has 0 aromatic carbocycles. The zero-order valence-electron chi connectivity index (χ0n) is 12.3. The number of hydrogen-bond donors (Lipinski definition) is 1. The van der Waals surface area contributed by atoms with Gasteiger partial charge in [0.2, 0.25) is 0 Å². The Labute approximate surface area is 113 Å². The van der Waals surface area contributed by atoms with Crippen LogP contribution in [0.1, 0.15) is 71.6 Å². The molecule has 0 aliphatic heterocycles. The van der Waals surface area contributed by atoms with Crippen LogP contribution in [0.2, 0.25) is 0 Å². The van der Waals surface area contributed by atoms with E-state index >= 15 is 0 Å². The highest BCUT2D eigenvalue weighted by molar-refractivity contribution is 4.95. The zero-order valence-corrected chi connectivity index (χ0v) is 12.3. The molecule has 3 aliphatic carbocycles. The second-order valence-corrected chi connectivity index (χ2v) is 7.42. The van der Waals surface area contributed by atoms with Crippen LogP contribution < -0.4 is 5.32 Å². The van der Waals surface area contributed by atoms with Crippen molar-refractivity contribution in [2.24, 2.45) is 23.7 Å². The van der Waals surface area contributed by atoms with Crippen molar-refractivity contribution in [1.82, 2.24) is 5.32 Å². The van der Waals surface area contributed by atoms with Gasteiger partial charge in [-0.1, -0.05) is 19.8 Å². The summed E-state index contributed by atoms with van der Waals surface area (Å²) in [5, 5.41) is 3.99. The van der Waals surface area contributed by atoms with Crippen molar-refractivity contribution in [3.05, 3.63) is 0 Å². The maximum Gasteiger partial charge on any atom is 0.00723 e. The third-order valence-electron chi connectivity index (χ3n) is 6.36. The van der Waals surface area contributed by atoms with Crippen molar-refractivity contribution in [1.29, 1.82) is 0 Å². The molecule has 3 rings (SSSR count). The molecule has 4 atom stereocenters. The monoisotopic (exact) mass is 249 g/mol. The van der Waals surface area contributed by atoms with Crippen molar-refractivity contribution >= 4 is 0 Å². The minimum atomic E-state index is 0.781. The van der Waals surface area contributed by atoms with Crippen molar-refractivity contribution in [3.63, 3.8) is 0 Å². The van der Waals surface area contributed by atoms with Gasteiger partial charge >= 0.3 is 0 Å². The first kappa shape index (κ1) is 13.0. The molecule has 104 valence electrons. The standard InChI is InChI=1S/C17H31N/c1-3-13-5-8-16(9-6-13)18-12(2)17-11-14-4-7-15(17)10-14/h12-18H,3-11H2,1-2H3. The van der Waals surface area contributed by atoms with Crippen LogP contribution in [0.25, 0.3) is 0 Å². The first-order valence-electron chi connectivity index (χ1n) is 8.52. The molecule has 2 bridgehead atoms. The van der Waals surface area contributed by atoms with E-state index in [9.17, 15) is 0 Å². The second-order valence-electron chi connectivity index (χ2n) is 7.42. The lowest BCUT2D eigenvalue weighted by atomic mass is 9.81. The summed E-state index contributed by atoms with van der Waals surface area (Å²) in [4.78, 5) is 0. The molecule has 3 aliphatic rings. The fraction of sp³-hybridized carbons (Fsp3) is 1.00. The summed E-state index contributed by atoms with van der Waals surface area (Å²) >= 11 is 0. The van der Waals surface area contributed by atoms with Gasteiger partial charge in [-0.25, -0.2) is 0 Å². The molecule has 0 heterocycles. The van der Waals surface area contributed by atoms with Crippen LogP contribution in [0.3, 0.4) is 0 Å². The average molecular weight is 249 g/mol. The minimum absolute atomic E-state index is 0.781. The van der Waals surface area contributed by atoms with Crippen LogP contribution in [0.15, 0.2) is 0 Å². The Bertz CT molecular complexity index is 267. The summed E-state index contributed by atoms with van der Waals surface area (Å²) in [5.41, 5.74) is 0. The highest BCUT2D eigenvalue weighted by Gasteiger charge is 2.42. The molecule has 0 spiro atoms. The third kappa shape index (κ3) is 2.61. The van der Waals surface area contributed by atoms with E-state index < -0.39 is 0 Å². The van der Waals surface area contributed by atoms with Gasteiger partial charge in [0, 0.05) is 12.1 Å². The van der Waals surface area contributed by atoms with Gasteiger partial charge in [0.15, 0.2) is 0 Å². The lowest BCUT2D eigenvalue weighted by Crippen LogP contribution is -2.44. The SMILES string of the molecule is CCC1CCC(NC(C)C2CC3CCC2C3)CC1. The molecule has 1 heteroatoms. The van der Waals surface area contributed by atoms with Crippen molar-refractivity contribution in [2.45, 2.75) is 83.7 Å². The average Bonchev–Trinajstić information content (AvgIpc) is 3.02. The van der Waals surface area contributed by atoms with Crippen LogP contribution in [0, 0.1) is 23.7 Å². The molecule has 0 aromatic heterocycles. The Morgan fingerprint density at radius 1 is 1.00 bits per heavy atom. The quantitative estimate of drug-likeness (QED) is 0.780. The predicted molar refractivity (Wildman–Crippen MR) is 77.6 cm³/mol. The Balaban J connectivity index is 1.45. The Hall–Kier alpha value is -0.0400. The molecule has 3 saturated carbocycles. The third-order valence-corrected chi connectivity index (χ3v) is 6.36. The van der Waals surface area contributed by atoms with Gasteiger partial charge in [-0.05, 0) is 75.5 Å². The molecular weight excluding hydrogens is 218 g/mol. The summed E-state index contributed by atoms with van der Waals surface area (Å²) in [6.07, 6.45) is 13.4. The molecule has 18 heavy (non-hydrogen) atoms. The minimum Gasteiger partial charge on any atom is -0.311 e. The first-order chi connectivity index (χ1) is 8.76. The smallest absolute Gasteiger partial charge is 0.00723 e. The Morgan fingerprint density at radius 3 is 2.33 bits per heavy atom. The van der Waals surface area contributed by atoms with Gasteiger partial charge in [-0.2, -0.15) is 0 Å². The fourth-order valence-electron chi connectivity index (χ4n) is 5.14. The molecule has 0 saturated heterocycles. The summed E-state index contributed by atoms with van der Waals surface area (Å²) in [6.45, 7) is 4.83. The van der Waals surface area contributed by atoms with Crippen LogP contribution in [0.5, 0.6) is 0 Å². The molecule has 1 N–H and O–H groups in total. The van der Waals surface area contributed by atoms with Gasteiger partial charge in [0.05, 0.1) is 0 Å². The number of rotatable bonds is 4. The molecule has 3 fully saturated rings. The normalized spacial score (nSPS) is 45.3. The molecule has 0 aromatic rings. The Morgan fingerprint density at radius 2 is 1.78 bits per heavy atom. The van der Waals surface area contributed by atoms with E-state index in [4.69, 9.17) is 0 Å². The van der Waals surface area contributed by atoms with Crippen LogP contribution >= 0.6 is 0 Å². The predicted octanol–water partition coefficient (Wildman–Crippen LogP) is 4.37. The molecular formula is C17H31N. The van der Waals surface area contributed by atoms with Gasteiger partial charge in [-0.15, -0.1) is 0 Å². The molecule has 0 radical (unpaired) electrons. The van der Waals surface area contributed by atoms with E-state index in [1.807, 2.05) is 0 Å². The van der Waals surface area contributed by atoms with Crippen LogP contribution in [0.4, 0.5) is 0 Å². The highest BCUT2D eigenvalue weighted by Crippen LogP contribution is 2.49. The zero-order chi connectivity index (χ0) is 12.5. The second kappa shape index (κ2) is 5.53. The number of hydrogen-bond acceptors (Lipinski definition) is 1. The van der Waals surface area contributed by atoms with Gasteiger partial charge in [-0.3, -0.25) is 0 Å². The number of fused-ring (bicyclic) bond motifs is 2. The van der Waals surface area contributed by atoms with E-state index in [-0.39, 0.29) is 0 Å². The van der Waals surface area contributed by atoms with E-state index in [0.717, 1.165) is 35.8 Å². The van der Waals surface area contributed by atoms with Crippen molar-refractivity contribution < 1.29 is 0 Å². The Kier molecular flexibility index (Phi) is 3.98. The summed E-state index contributed by atoms with van der Waals surface area (Å²) in [5.74, 6) is 4.21. The van der Waals surface area contributed by atoms with Gasteiger partial charge in [0.25, 0.3) is 0 Å². The molecule has 4 unspecified atom stereocenters.